The Kier molecular flexibility index (Phi) is 5.25. The summed E-state index contributed by atoms with van der Waals surface area (Å²) in [7, 11) is 1.64. The van der Waals surface area contributed by atoms with Crippen molar-refractivity contribution in [1.82, 2.24) is 9.97 Å². The van der Waals surface area contributed by atoms with E-state index in [4.69, 9.17) is 16.3 Å². The zero-order valence-corrected chi connectivity index (χ0v) is 8.87. The van der Waals surface area contributed by atoms with Gasteiger partial charge in [-0.05, 0) is 6.42 Å². The van der Waals surface area contributed by atoms with Crippen molar-refractivity contribution in [2.75, 3.05) is 25.6 Å². The van der Waals surface area contributed by atoms with Gasteiger partial charge in [-0.3, -0.25) is 4.98 Å². The lowest BCUT2D eigenvalue weighted by Crippen LogP contribution is -2.13. The van der Waals surface area contributed by atoms with E-state index >= 15 is 0 Å². The van der Waals surface area contributed by atoms with E-state index in [-0.39, 0.29) is 5.38 Å². The summed E-state index contributed by atoms with van der Waals surface area (Å²) < 4.78 is 4.92. The number of hydrogen-bond acceptors (Lipinski definition) is 4. The van der Waals surface area contributed by atoms with E-state index in [9.17, 15) is 0 Å². The van der Waals surface area contributed by atoms with Crippen LogP contribution in [-0.4, -0.2) is 35.6 Å². The molecule has 14 heavy (non-hydrogen) atoms. The molecule has 1 aromatic rings. The van der Waals surface area contributed by atoms with E-state index in [0.29, 0.717) is 6.61 Å². The molecule has 1 rings (SSSR count). The number of hydrogen-bond donors (Lipinski definition) is 1. The number of ether oxygens (including phenoxy) is 1. The summed E-state index contributed by atoms with van der Waals surface area (Å²) in [5.74, 6) is 0.772. The zero-order valence-electron chi connectivity index (χ0n) is 8.11. The van der Waals surface area contributed by atoms with Crippen LogP contribution in [0.4, 0.5) is 5.82 Å². The largest absolute Gasteiger partial charge is 0.383 e. The van der Waals surface area contributed by atoms with Crippen LogP contribution in [0, 0.1) is 0 Å². The summed E-state index contributed by atoms with van der Waals surface area (Å²) in [5, 5.41) is 3.17. The van der Waals surface area contributed by atoms with E-state index in [1.54, 1.807) is 25.7 Å². The first kappa shape index (κ1) is 11.2. The minimum Gasteiger partial charge on any atom is -0.383 e. The second-order valence-corrected chi connectivity index (χ2v) is 3.48. The smallest absolute Gasteiger partial charge is 0.144 e. The maximum atomic E-state index is 5.95. The van der Waals surface area contributed by atoms with Crippen LogP contribution in [0.5, 0.6) is 0 Å². The molecule has 1 atom stereocenters. The Bertz CT molecular complexity index is 245. The lowest BCUT2D eigenvalue weighted by atomic mass is 10.3. The third kappa shape index (κ3) is 4.39. The average Bonchev–Trinajstić information content (AvgIpc) is 2.20. The highest BCUT2D eigenvalue weighted by atomic mass is 35.5. The molecule has 78 valence electrons. The van der Waals surface area contributed by atoms with Gasteiger partial charge in [0.05, 0.1) is 18.2 Å². The number of aromatic nitrogens is 2. The number of methoxy groups -OCH3 is 1. The monoisotopic (exact) mass is 215 g/mol. The van der Waals surface area contributed by atoms with Gasteiger partial charge < -0.3 is 10.1 Å². The second-order valence-electron chi connectivity index (χ2n) is 2.86. The van der Waals surface area contributed by atoms with E-state index < -0.39 is 0 Å². The summed E-state index contributed by atoms with van der Waals surface area (Å²) in [6.45, 7) is 1.35. The van der Waals surface area contributed by atoms with E-state index in [2.05, 4.69) is 15.3 Å². The molecule has 0 spiro atoms. The molecular weight excluding hydrogens is 202 g/mol. The minimum atomic E-state index is 0.0455. The fraction of sp³-hybridized carbons (Fsp3) is 0.556. The van der Waals surface area contributed by atoms with Gasteiger partial charge in [-0.15, -0.1) is 11.6 Å². The first-order valence-electron chi connectivity index (χ1n) is 4.46. The van der Waals surface area contributed by atoms with Gasteiger partial charge in [0.1, 0.15) is 5.82 Å². The van der Waals surface area contributed by atoms with Crippen molar-refractivity contribution >= 4 is 17.4 Å². The maximum absolute atomic E-state index is 5.95. The number of anilines is 1. The summed E-state index contributed by atoms with van der Waals surface area (Å²) >= 11 is 5.95. The molecule has 0 saturated carbocycles. The summed E-state index contributed by atoms with van der Waals surface area (Å²) in [5.41, 5.74) is 0. The highest BCUT2D eigenvalue weighted by Gasteiger charge is 2.02. The van der Waals surface area contributed by atoms with E-state index in [1.165, 1.54) is 0 Å². The van der Waals surface area contributed by atoms with Gasteiger partial charge in [0.2, 0.25) is 0 Å². The Hall–Kier alpha value is -0.870. The van der Waals surface area contributed by atoms with Gasteiger partial charge >= 0.3 is 0 Å². The van der Waals surface area contributed by atoms with Gasteiger partial charge in [0.15, 0.2) is 0 Å². The van der Waals surface area contributed by atoms with Gasteiger partial charge in [-0.25, -0.2) is 4.98 Å². The van der Waals surface area contributed by atoms with Gasteiger partial charge in [0.25, 0.3) is 0 Å². The average molecular weight is 216 g/mol. The quantitative estimate of drug-likeness (QED) is 0.732. The van der Waals surface area contributed by atoms with Crippen molar-refractivity contribution in [3.05, 3.63) is 18.6 Å². The van der Waals surface area contributed by atoms with Gasteiger partial charge in [-0.2, -0.15) is 0 Å². The molecule has 0 aromatic carbocycles. The molecule has 1 N–H and O–H groups in total. The van der Waals surface area contributed by atoms with Crippen LogP contribution in [-0.2, 0) is 4.74 Å². The summed E-state index contributed by atoms with van der Waals surface area (Å²) in [6.07, 6.45) is 5.81. The van der Waals surface area contributed by atoms with Crippen molar-refractivity contribution in [1.29, 1.82) is 0 Å². The van der Waals surface area contributed by atoms with Crippen molar-refractivity contribution in [2.45, 2.75) is 11.8 Å². The third-order valence-electron chi connectivity index (χ3n) is 1.67. The van der Waals surface area contributed by atoms with Crippen LogP contribution in [0.15, 0.2) is 18.6 Å². The lowest BCUT2D eigenvalue weighted by molar-refractivity contribution is 0.196. The first-order valence-corrected chi connectivity index (χ1v) is 4.89. The number of halogens is 1. The Morgan fingerprint density at radius 2 is 2.43 bits per heavy atom. The summed E-state index contributed by atoms with van der Waals surface area (Å²) in [6, 6.07) is 0. The zero-order chi connectivity index (χ0) is 10.2. The van der Waals surface area contributed by atoms with Crippen LogP contribution in [0.3, 0.4) is 0 Å². The highest BCUT2D eigenvalue weighted by molar-refractivity contribution is 6.20. The van der Waals surface area contributed by atoms with Crippen molar-refractivity contribution in [2.24, 2.45) is 0 Å². The topological polar surface area (TPSA) is 47.0 Å². The molecule has 0 aliphatic heterocycles. The third-order valence-corrected chi connectivity index (χ3v) is 2.02. The number of nitrogens with zero attached hydrogens (tertiary/aromatic N) is 2. The Morgan fingerprint density at radius 3 is 3.07 bits per heavy atom. The lowest BCUT2D eigenvalue weighted by Gasteiger charge is -2.08. The van der Waals surface area contributed by atoms with Crippen LogP contribution < -0.4 is 5.32 Å². The maximum Gasteiger partial charge on any atom is 0.144 e. The molecule has 1 unspecified atom stereocenters. The first-order chi connectivity index (χ1) is 6.83. The standard InChI is InChI=1S/C9H14ClN3O/c1-14-7-8(10)2-3-12-9-6-11-4-5-13-9/h4-6,8H,2-3,7H2,1H3,(H,12,13). The molecule has 0 saturated heterocycles. The Morgan fingerprint density at radius 1 is 1.57 bits per heavy atom. The molecule has 1 aromatic heterocycles. The molecule has 0 aliphatic carbocycles. The van der Waals surface area contributed by atoms with E-state index in [0.717, 1.165) is 18.8 Å². The normalized spacial score (nSPS) is 12.4. The predicted molar refractivity (Wildman–Crippen MR) is 56.7 cm³/mol. The predicted octanol–water partition coefficient (Wildman–Crippen LogP) is 1.53. The van der Waals surface area contributed by atoms with Crippen LogP contribution >= 0.6 is 11.6 Å². The molecule has 0 aliphatic rings. The van der Waals surface area contributed by atoms with Crippen LogP contribution in [0.2, 0.25) is 0 Å². The Labute approximate surface area is 88.7 Å². The molecule has 0 amide bonds. The molecule has 0 bridgehead atoms. The second kappa shape index (κ2) is 6.56. The molecule has 5 heteroatoms. The van der Waals surface area contributed by atoms with Crippen molar-refractivity contribution in [3.8, 4) is 0 Å². The van der Waals surface area contributed by atoms with Crippen LogP contribution in [0.25, 0.3) is 0 Å². The van der Waals surface area contributed by atoms with Crippen molar-refractivity contribution in [3.63, 3.8) is 0 Å². The number of alkyl halides is 1. The molecular formula is C9H14ClN3O. The highest BCUT2D eigenvalue weighted by Crippen LogP contribution is 2.03. The fourth-order valence-corrected chi connectivity index (χ4v) is 1.25. The fourth-order valence-electron chi connectivity index (χ4n) is 1.01. The molecule has 0 fully saturated rings. The van der Waals surface area contributed by atoms with Crippen molar-refractivity contribution < 1.29 is 4.74 Å². The number of nitrogens with one attached hydrogen (secondary N) is 1. The molecule has 1 heterocycles. The summed E-state index contributed by atoms with van der Waals surface area (Å²) in [4.78, 5) is 8.01. The van der Waals surface area contributed by atoms with Gasteiger partial charge in [0, 0.05) is 26.0 Å². The number of rotatable bonds is 6. The SMILES string of the molecule is COCC(Cl)CCNc1cnccn1. The molecule has 4 nitrogen and oxygen atoms in total. The van der Waals surface area contributed by atoms with Crippen LogP contribution in [0.1, 0.15) is 6.42 Å². The van der Waals surface area contributed by atoms with E-state index in [1.807, 2.05) is 0 Å². The Balaban J connectivity index is 2.16. The van der Waals surface area contributed by atoms with Gasteiger partial charge in [-0.1, -0.05) is 0 Å². The minimum absolute atomic E-state index is 0.0455. The molecule has 0 radical (unpaired) electrons.